The highest BCUT2D eigenvalue weighted by molar-refractivity contribution is 9.10. The summed E-state index contributed by atoms with van der Waals surface area (Å²) in [5, 5.41) is 10.9. The smallest absolute Gasteiger partial charge is 0.222 e. The minimum absolute atomic E-state index is 0.0827. The van der Waals surface area contributed by atoms with Gasteiger partial charge in [-0.3, -0.25) is 0 Å². The van der Waals surface area contributed by atoms with Gasteiger partial charge in [-0.05, 0) is 29.8 Å². The van der Waals surface area contributed by atoms with Gasteiger partial charge in [-0.25, -0.2) is 0 Å². The van der Waals surface area contributed by atoms with Gasteiger partial charge < -0.3 is 9.94 Å². The maximum Gasteiger partial charge on any atom is 0.222 e. The molecule has 12 heavy (non-hydrogen) atoms. The normalized spacial score (nSPS) is 10.3. The van der Waals surface area contributed by atoms with E-state index >= 15 is 0 Å². The zero-order chi connectivity index (χ0) is 9.14. The van der Waals surface area contributed by atoms with Crippen LogP contribution in [-0.4, -0.2) is 6.10 Å². The van der Waals surface area contributed by atoms with Gasteiger partial charge in [0.1, 0.15) is 0 Å². The molecule has 1 heterocycles. The van der Waals surface area contributed by atoms with Crippen LogP contribution in [0.3, 0.4) is 0 Å². The van der Waals surface area contributed by atoms with Crippen LogP contribution in [0.15, 0.2) is 22.9 Å². The van der Waals surface area contributed by atoms with Crippen molar-refractivity contribution >= 4 is 15.9 Å². The van der Waals surface area contributed by atoms with Gasteiger partial charge in [0.05, 0.1) is 10.6 Å². The highest BCUT2D eigenvalue weighted by atomic mass is 79.9. The van der Waals surface area contributed by atoms with E-state index in [2.05, 4.69) is 15.9 Å². The third-order valence-electron chi connectivity index (χ3n) is 1.16. The summed E-state index contributed by atoms with van der Waals surface area (Å²) in [5.74, 6) is 0.578. The summed E-state index contributed by atoms with van der Waals surface area (Å²) in [7, 11) is 0. The van der Waals surface area contributed by atoms with E-state index in [-0.39, 0.29) is 6.10 Å². The van der Waals surface area contributed by atoms with Crippen LogP contribution in [0.1, 0.15) is 13.8 Å². The number of hydrogen-bond acceptors (Lipinski definition) is 2. The van der Waals surface area contributed by atoms with Crippen LogP contribution in [0.25, 0.3) is 0 Å². The maximum absolute atomic E-state index is 10.9. The molecule has 3 nitrogen and oxygen atoms in total. The molecule has 0 fully saturated rings. The fourth-order valence-electron chi connectivity index (χ4n) is 0.831. The second kappa shape index (κ2) is 3.76. The molecule has 0 N–H and O–H groups in total. The van der Waals surface area contributed by atoms with Crippen molar-refractivity contribution in [1.29, 1.82) is 0 Å². The predicted octanol–water partition coefficient (Wildman–Crippen LogP) is 1.87. The molecule has 1 aromatic rings. The number of aromatic nitrogens is 1. The van der Waals surface area contributed by atoms with Crippen LogP contribution < -0.4 is 9.47 Å². The first-order valence-corrected chi connectivity index (χ1v) is 4.43. The van der Waals surface area contributed by atoms with Gasteiger partial charge in [0, 0.05) is 6.07 Å². The number of hydrogen-bond donors (Lipinski definition) is 0. The summed E-state index contributed by atoms with van der Waals surface area (Å²) >= 11 is 3.20. The van der Waals surface area contributed by atoms with Crippen molar-refractivity contribution in [1.82, 2.24) is 0 Å². The Labute approximate surface area is 79.7 Å². The monoisotopic (exact) mass is 231 g/mol. The van der Waals surface area contributed by atoms with E-state index < -0.39 is 0 Å². The van der Waals surface area contributed by atoms with Crippen LogP contribution in [0.5, 0.6) is 5.75 Å². The Kier molecular flexibility index (Phi) is 2.92. The van der Waals surface area contributed by atoms with Crippen LogP contribution in [0.4, 0.5) is 0 Å². The van der Waals surface area contributed by atoms with Crippen molar-refractivity contribution in [2.45, 2.75) is 20.0 Å². The van der Waals surface area contributed by atoms with Gasteiger partial charge >= 0.3 is 0 Å². The van der Waals surface area contributed by atoms with Crippen LogP contribution in [0.2, 0.25) is 0 Å². The Balaban J connectivity index is 2.85. The minimum Gasteiger partial charge on any atom is -0.619 e. The van der Waals surface area contributed by atoms with E-state index in [1.165, 1.54) is 12.4 Å². The van der Waals surface area contributed by atoms with Crippen molar-refractivity contribution in [2.24, 2.45) is 0 Å². The van der Waals surface area contributed by atoms with Crippen molar-refractivity contribution in [3.05, 3.63) is 28.1 Å². The van der Waals surface area contributed by atoms with Crippen LogP contribution in [0, 0.1) is 5.21 Å². The van der Waals surface area contributed by atoms with E-state index in [0.29, 0.717) is 10.5 Å². The third-order valence-corrected chi connectivity index (χ3v) is 1.59. The number of ether oxygens (including phenoxy) is 1. The molecule has 0 unspecified atom stereocenters. The molecule has 0 amide bonds. The van der Waals surface area contributed by atoms with E-state index in [1.807, 2.05) is 13.8 Å². The first-order chi connectivity index (χ1) is 5.58. The molecule has 0 saturated carbocycles. The fraction of sp³-hybridized carbons (Fsp3) is 0.375. The van der Waals surface area contributed by atoms with Crippen molar-refractivity contribution in [2.75, 3.05) is 0 Å². The molecule has 66 valence electrons. The minimum atomic E-state index is 0.0827. The highest BCUT2D eigenvalue weighted by Gasteiger charge is 2.03. The SMILES string of the molecule is CC(C)Oc1cc(Br)c[n+]([O-])c1. The molecule has 0 aliphatic heterocycles. The standard InChI is InChI=1S/C8H10BrNO2/c1-6(2)12-8-3-7(9)4-10(11)5-8/h3-6H,1-2H3. The maximum atomic E-state index is 10.9. The Bertz CT molecular complexity index is 256. The molecule has 0 radical (unpaired) electrons. The van der Waals surface area contributed by atoms with Gasteiger partial charge in [0.2, 0.25) is 6.20 Å². The fourth-order valence-corrected chi connectivity index (χ4v) is 1.26. The van der Waals surface area contributed by atoms with Crippen LogP contribution >= 0.6 is 15.9 Å². The van der Waals surface area contributed by atoms with Gasteiger partial charge in [-0.2, -0.15) is 4.73 Å². The van der Waals surface area contributed by atoms with Crippen LogP contribution in [-0.2, 0) is 0 Å². The van der Waals surface area contributed by atoms with Crippen molar-refractivity contribution in [3.63, 3.8) is 0 Å². The highest BCUT2D eigenvalue weighted by Crippen LogP contribution is 2.15. The number of nitrogens with zero attached hydrogens (tertiary/aromatic N) is 1. The Morgan fingerprint density at radius 2 is 2.17 bits per heavy atom. The summed E-state index contributed by atoms with van der Waals surface area (Å²) in [6.45, 7) is 3.83. The van der Waals surface area contributed by atoms with E-state index in [9.17, 15) is 5.21 Å². The van der Waals surface area contributed by atoms with Crippen molar-refractivity contribution < 1.29 is 9.47 Å². The lowest BCUT2D eigenvalue weighted by Crippen LogP contribution is -2.25. The number of rotatable bonds is 2. The van der Waals surface area contributed by atoms with Gasteiger partial charge in [0.15, 0.2) is 11.9 Å². The molecule has 0 spiro atoms. The molecule has 0 atom stereocenters. The van der Waals surface area contributed by atoms with E-state index in [0.717, 1.165) is 4.47 Å². The van der Waals surface area contributed by atoms with Crippen molar-refractivity contribution in [3.8, 4) is 5.75 Å². The average molecular weight is 232 g/mol. The summed E-state index contributed by atoms with van der Waals surface area (Å²) < 4.78 is 6.75. The second-order valence-corrected chi connectivity index (χ2v) is 3.63. The summed E-state index contributed by atoms with van der Waals surface area (Å²) in [5.41, 5.74) is 0. The molecule has 1 aromatic heterocycles. The molecule has 0 aromatic carbocycles. The quantitative estimate of drug-likeness (QED) is 0.576. The topological polar surface area (TPSA) is 36.2 Å². The largest absolute Gasteiger partial charge is 0.619 e. The first kappa shape index (κ1) is 9.32. The van der Waals surface area contributed by atoms with E-state index in [4.69, 9.17) is 4.74 Å². The molecule has 4 heteroatoms. The van der Waals surface area contributed by atoms with E-state index in [1.54, 1.807) is 6.07 Å². The Hall–Kier alpha value is -0.770. The second-order valence-electron chi connectivity index (χ2n) is 2.72. The predicted molar refractivity (Wildman–Crippen MR) is 48.9 cm³/mol. The summed E-state index contributed by atoms with van der Waals surface area (Å²) in [4.78, 5) is 0. The number of halogens is 1. The van der Waals surface area contributed by atoms with Gasteiger partial charge in [-0.1, -0.05) is 0 Å². The van der Waals surface area contributed by atoms with Gasteiger partial charge in [-0.15, -0.1) is 0 Å². The molecular formula is C8H10BrNO2. The molecule has 0 saturated heterocycles. The zero-order valence-corrected chi connectivity index (χ0v) is 8.54. The zero-order valence-electron chi connectivity index (χ0n) is 6.95. The molecule has 1 rings (SSSR count). The lowest BCUT2D eigenvalue weighted by atomic mass is 10.4. The molecule has 0 bridgehead atoms. The Morgan fingerprint density at radius 3 is 2.67 bits per heavy atom. The summed E-state index contributed by atoms with van der Waals surface area (Å²) in [6, 6.07) is 1.76. The first-order valence-electron chi connectivity index (χ1n) is 3.64. The lowest BCUT2D eigenvalue weighted by Gasteiger charge is -2.08. The summed E-state index contributed by atoms with van der Waals surface area (Å²) in [6.07, 6.45) is 2.90. The average Bonchev–Trinajstić information content (AvgIpc) is 1.81. The molecular weight excluding hydrogens is 222 g/mol. The molecule has 0 aliphatic rings. The molecule has 0 aliphatic carbocycles. The number of pyridine rings is 1. The lowest BCUT2D eigenvalue weighted by molar-refractivity contribution is -0.606. The van der Waals surface area contributed by atoms with Gasteiger partial charge in [0.25, 0.3) is 0 Å². The Morgan fingerprint density at radius 1 is 1.50 bits per heavy atom. The third kappa shape index (κ3) is 2.70.